The first-order chi connectivity index (χ1) is 13.9. The van der Waals surface area contributed by atoms with E-state index in [0.29, 0.717) is 0 Å². The molecule has 0 aliphatic rings. The molecule has 4 aromatic carbocycles. The second-order valence-corrected chi connectivity index (χ2v) is 7.23. The van der Waals surface area contributed by atoms with Crippen molar-refractivity contribution >= 4 is 21.7 Å². The van der Waals surface area contributed by atoms with E-state index in [1.54, 1.807) is 0 Å². The zero-order valence-corrected chi connectivity index (χ0v) is 15.7. The van der Waals surface area contributed by atoms with E-state index < -0.39 is 0 Å². The lowest BCUT2D eigenvalue weighted by molar-refractivity contribution is 0.965. The number of nitrogens with zero attached hydrogens (tertiary/aromatic N) is 1. The van der Waals surface area contributed by atoms with E-state index in [9.17, 15) is 0 Å². The van der Waals surface area contributed by atoms with Gasteiger partial charge in [0.15, 0.2) is 0 Å². The summed E-state index contributed by atoms with van der Waals surface area (Å²) in [6.45, 7) is 0. The van der Waals surface area contributed by atoms with Gasteiger partial charge in [-0.1, -0.05) is 91.0 Å². The molecule has 1 aromatic heterocycles. The van der Waals surface area contributed by atoms with Crippen LogP contribution in [0.15, 0.2) is 103 Å². The molecule has 0 aliphatic carbocycles. The average Bonchev–Trinajstić information content (AvgIpc) is 2.77. The first-order valence-corrected chi connectivity index (χ1v) is 9.79. The number of hydrogen-bond acceptors (Lipinski definition) is 1. The lowest BCUT2D eigenvalue weighted by atomic mass is 10.00. The van der Waals surface area contributed by atoms with Crippen LogP contribution in [0.25, 0.3) is 32.9 Å². The molecule has 0 unspecified atom stereocenters. The number of aromatic nitrogens is 1. The van der Waals surface area contributed by atoms with Crippen molar-refractivity contribution in [2.45, 2.75) is 12.8 Å². The lowest BCUT2D eigenvalue weighted by Crippen LogP contribution is -1.95. The monoisotopic (exact) mass is 359 g/mol. The van der Waals surface area contributed by atoms with Gasteiger partial charge in [0.05, 0.1) is 11.2 Å². The maximum absolute atomic E-state index is 5.06. The summed E-state index contributed by atoms with van der Waals surface area (Å²) in [6, 6.07) is 36.5. The number of pyridine rings is 1. The van der Waals surface area contributed by atoms with Crippen molar-refractivity contribution in [3.63, 3.8) is 0 Å². The highest BCUT2D eigenvalue weighted by molar-refractivity contribution is 5.89. The zero-order chi connectivity index (χ0) is 18.8. The van der Waals surface area contributed by atoms with Gasteiger partial charge in [-0.3, -0.25) is 0 Å². The van der Waals surface area contributed by atoms with Crippen LogP contribution >= 0.6 is 0 Å². The van der Waals surface area contributed by atoms with Crippen LogP contribution in [-0.4, -0.2) is 4.98 Å². The molecule has 1 heterocycles. The van der Waals surface area contributed by atoms with Gasteiger partial charge in [-0.05, 0) is 46.9 Å². The summed E-state index contributed by atoms with van der Waals surface area (Å²) in [5.74, 6) is 0. The second kappa shape index (κ2) is 7.28. The molecular weight excluding hydrogens is 338 g/mol. The zero-order valence-electron chi connectivity index (χ0n) is 15.7. The highest BCUT2D eigenvalue weighted by Crippen LogP contribution is 2.26. The van der Waals surface area contributed by atoms with Crippen LogP contribution in [-0.2, 0) is 12.8 Å². The van der Waals surface area contributed by atoms with Gasteiger partial charge in [0.2, 0.25) is 0 Å². The van der Waals surface area contributed by atoms with Crippen LogP contribution in [0.3, 0.4) is 0 Å². The fourth-order valence-electron chi connectivity index (χ4n) is 3.84. The Labute approximate surface area is 165 Å². The van der Waals surface area contributed by atoms with Gasteiger partial charge >= 0.3 is 0 Å². The smallest absolute Gasteiger partial charge is 0.0741 e. The molecule has 1 nitrogen and oxygen atoms in total. The maximum atomic E-state index is 5.06. The second-order valence-electron chi connectivity index (χ2n) is 7.23. The molecule has 5 rings (SSSR count). The van der Waals surface area contributed by atoms with Crippen LogP contribution in [0, 0.1) is 0 Å². The molecule has 0 aliphatic heterocycles. The quantitative estimate of drug-likeness (QED) is 0.342. The van der Waals surface area contributed by atoms with Gasteiger partial charge < -0.3 is 0 Å². The van der Waals surface area contributed by atoms with Gasteiger partial charge in [-0.25, -0.2) is 4.98 Å². The Hall–Kier alpha value is -3.45. The summed E-state index contributed by atoms with van der Waals surface area (Å²) in [5, 5.41) is 3.71. The minimum Gasteiger partial charge on any atom is -0.248 e. The van der Waals surface area contributed by atoms with E-state index >= 15 is 0 Å². The first kappa shape index (κ1) is 16.7. The van der Waals surface area contributed by atoms with Crippen LogP contribution in [0.2, 0.25) is 0 Å². The summed E-state index contributed by atoms with van der Waals surface area (Å²) < 4.78 is 0. The van der Waals surface area contributed by atoms with E-state index in [0.717, 1.165) is 24.1 Å². The topological polar surface area (TPSA) is 12.9 Å². The average molecular weight is 359 g/mol. The first-order valence-electron chi connectivity index (χ1n) is 9.79. The summed E-state index contributed by atoms with van der Waals surface area (Å²) >= 11 is 0. The van der Waals surface area contributed by atoms with Gasteiger partial charge in [0.1, 0.15) is 0 Å². The minimum atomic E-state index is 0.996. The molecule has 0 radical (unpaired) electrons. The van der Waals surface area contributed by atoms with Crippen LogP contribution in [0.1, 0.15) is 11.1 Å². The Balaban J connectivity index is 1.53. The molecule has 1 heteroatoms. The van der Waals surface area contributed by atoms with E-state index in [1.807, 2.05) is 0 Å². The van der Waals surface area contributed by atoms with Crippen LogP contribution < -0.4 is 0 Å². The van der Waals surface area contributed by atoms with Crippen molar-refractivity contribution in [3.8, 4) is 11.3 Å². The number of rotatable bonds is 4. The third-order valence-electron chi connectivity index (χ3n) is 5.37. The van der Waals surface area contributed by atoms with Crippen LogP contribution in [0.4, 0.5) is 0 Å². The molecule has 28 heavy (non-hydrogen) atoms. The van der Waals surface area contributed by atoms with Gasteiger partial charge in [0.25, 0.3) is 0 Å². The largest absolute Gasteiger partial charge is 0.248 e. The van der Waals surface area contributed by atoms with Crippen molar-refractivity contribution in [1.29, 1.82) is 0 Å². The molecule has 0 amide bonds. The Morgan fingerprint density at radius 3 is 2.18 bits per heavy atom. The van der Waals surface area contributed by atoms with E-state index in [-0.39, 0.29) is 0 Å². The van der Waals surface area contributed by atoms with Crippen LogP contribution in [0.5, 0.6) is 0 Å². The lowest BCUT2D eigenvalue weighted by Gasteiger charge is -2.09. The third-order valence-corrected chi connectivity index (χ3v) is 5.37. The predicted molar refractivity (Wildman–Crippen MR) is 119 cm³/mol. The van der Waals surface area contributed by atoms with E-state index in [4.69, 9.17) is 4.98 Å². The number of aryl methyl sites for hydroxylation is 2. The number of fused-ring (bicyclic) bond motifs is 2. The van der Waals surface area contributed by atoms with Crippen molar-refractivity contribution in [2.75, 3.05) is 0 Å². The van der Waals surface area contributed by atoms with Gasteiger partial charge in [-0.2, -0.15) is 0 Å². The molecule has 0 saturated heterocycles. The van der Waals surface area contributed by atoms with Crippen molar-refractivity contribution < 1.29 is 0 Å². The highest BCUT2D eigenvalue weighted by Gasteiger charge is 2.07. The molecular formula is C27H21N. The molecule has 0 spiro atoms. The molecule has 0 bridgehead atoms. The van der Waals surface area contributed by atoms with Crippen molar-refractivity contribution in [3.05, 3.63) is 114 Å². The third kappa shape index (κ3) is 3.27. The summed E-state index contributed by atoms with van der Waals surface area (Å²) in [5.41, 5.74) is 5.99. The van der Waals surface area contributed by atoms with E-state index in [1.165, 1.54) is 32.8 Å². The SMILES string of the molecule is c1ccc(CCc2cccc3ccc(-c4ccc5ccccc5c4)nc23)cc1. The molecule has 5 aromatic rings. The number of hydrogen-bond donors (Lipinski definition) is 0. The Bertz CT molecular complexity index is 1260. The Morgan fingerprint density at radius 2 is 1.29 bits per heavy atom. The number of para-hydroxylation sites is 1. The fourth-order valence-corrected chi connectivity index (χ4v) is 3.84. The van der Waals surface area contributed by atoms with E-state index in [2.05, 4.69) is 103 Å². The van der Waals surface area contributed by atoms with Gasteiger partial charge in [-0.15, -0.1) is 0 Å². The van der Waals surface area contributed by atoms with Gasteiger partial charge in [0, 0.05) is 10.9 Å². The summed E-state index contributed by atoms with van der Waals surface area (Å²) in [4.78, 5) is 5.06. The maximum Gasteiger partial charge on any atom is 0.0741 e. The molecule has 0 fully saturated rings. The Morgan fingerprint density at radius 1 is 0.536 bits per heavy atom. The van der Waals surface area contributed by atoms with Crippen molar-refractivity contribution in [1.82, 2.24) is 4.98 Å². The Kier molecular flexibility index (Phi) is 4.34. The fraction of sp³-hybridized carbons (Fsp3) is 0.0741. The molecule has 134 valence electrons. The molecule has 0 N–H and O–H groups in total. The summed E-state index contributed by atoms with van der Waals surface area (Å²) in [6.07, 6.45) is 2.03. The van der Waals surface area contributed by atoms with Crippen molar-refractivity contribution in [2.24, 2.45) is 0 Å². The minimum absolute atomic E-state index is 0.996. The number of benzene rings is 4. The standard InChI is InChI=1S/C27H21N/c1-2-7-20(8-3-1)13-14-22-11-6-12-23-17-18-26(28-27(22)23)25-16-15-21-9-4-5-10-24(21)19-25/h1-12,15-19H,13-14H2. The predicted octanol–water partition coefficient (Wildman–Crippen LogP) is 6.84. The molecule has 0 atom stereocenters. The highest BCUT2D eigenvalue weighted by atomic mass is 14.7. The molecule has 0 saturated carbocycles. The normalized spacial score (nSPS) is 11.1. The summed E-state index contributed by atoms with van der Waals surface area (Å²) in [7, 11) is 0.